The minimum atomic E-state index is 0.00480. The molecule has 2 heterocycles. The molecule has 5 rings (SSSR count). The van der Waals surface area contributed by atoms with Gasteiger partial charge in [-0.15, -0.1) is 0 Å². The topological polar surface area (TPSA) is 44.9 Å². The van der Waals surface area contributed by atoms with Gasteiger partial charge in [0, 0.05) is 27.6 Å². The van der Waals surface area contributed by atoms with Crippen molar-refractivity contribution < 1.29 is 4.79 Å². The van der Waals surface area contributed by atoms with E-state index in [1.807, 2.05) is 42.5 Å². The predicted octanol–water partition coefficient (Wildman–Crippen LogP) is 6.03. The first-order valence-corrected chi connectivity index (χ1v) is 10.5. The molecule has 3 aromatic carbocycles. The van der Waals surface area contributed by atoms with Gasteiger partial charge in [0.15, 0.2) is 0 Å². The highest BCUT2D eigenvalue weighted by atomic mass is 16.1. The van der Waals surface area contributed by atoms with Crippen LogP contribution in [-0.4, -0.2) is 10.9 Å². The largest absolute Gasteiger partial charge is 0.354 e. The quantitative estimate of drug-likeness (QED) is 0.346. The fourth-order valence-electron chi connectivity index (χ4n) is 4.09. The van der Waals surface area contributed by atoms with Crippen LogP contribution in [-0.2, 0) is 16.6 Å². The monoisotopic (exact) mass is 404 g/mol. The van der Waals surface area contributed by atoms with Gasteiger partial charge in [0.05, 0.1) is 17.8 Å². The third-order valence-electron chi connectivity index (χ3n) is 5.80. The summed E-state index contributed by atoms with van der Waals surface area (Å²) >= 11 is 0. The van der Waals surface area contributed by atoms with Gasteiger partial charge in [0.1, 0.15) is 0 Å². The van der Waals surface area contributed by atoms with E-state index in [2.05, 4.69) is 67.2 Å². The average molecular weight is 405 g/mol. The molecule has 152 valence electrons. The molecule has 0 atom stereocenters. The van der Waals surface area contributed by atoms with Gasteiger partial charge in [0.25, 0.3) is 0 Å². The second-order valence-corrected chi connectivity index (χ2v) is 9.09. The lowest BCUT2D eigenvalue weighted by atomic mass is 9.86. The van der Waals surface area contributed by atoms with Gasteiger partial charge in [-0.3, -0.25) is 4.79 Å². The van der Waals surface area contributed by atoms with Gasteiger partial charge < -0.3 is 10.3 Å². The normalized spacial score (nSPS) is 12.9. The Labute approximate surface area is 182 Å². The van der Waals surface area contributed by atoms with Crippen LogP contribution in [0.2, 0.25) is 0 Å². The molecule has 0 unspecified atom stereocenters. The van der Waals surface area contributed by atoms with Crippen LogP contribution in [0.3, 0.4) is 0 Å². The number of aromatic nitrogens is 1. The van der Waals surface area contributed by atoms with E-state index < -0.39 is 0 Å². The highest BCUT2D eigenvalue weighted by Crippen LogP contribution is 2.39. The van der Waals surface area contributed by atoms with E-state index in [4.69, 9.17) is 0 Å². The molecule has 1 aliphatic heterocycles. The highest BCUT2D eigenvalue weighted by Gasteiger charge is 2.24. The number of carbonyl (C=O) groups excluding carboxylic acids is 1. The second kappa shape index (κ2) is 7.18. The first kappa shape index (κ1) is 19.2. The number of benzene rings is 3. The number of aromatic amines is 1. The zero-order chi connectivity index (χ0) is 21.6. The number of hydrogen-bond donors (Lipinski definition) is 2. The molecule has 0 spiro atoms. The molecule has 0 radical (unpaired) electrons. The third-order valence-corrected chi connectivity index (χ3v) is 5.80. The Hall–Kier alpha value is -3.77. The summed E-state index contributed by atoms with van der Waals surface area (Å²) < 4.78 is 0. The van der Waals surface area contributed by atoms with Crippen LogP contribution >= 0.6 is 0 Å². The van der Waals surface area contributed by atoms with Crippen molar-refractivity contribution in [2.45, 2.75) is 32.6 Å². The Morgan fingerprint density at radius 3 is 2.42 bits per heavy atom. The Morgan fingerprint density at radius 1 is 0.871 bits per heavy atom. The van der Waals surface area contributed by atoms with Gasteiger partial charge in [-0.05, 0) is 59.0 Å². The molecular weight excluding hydrogens is 380 g/mol. The SMILES string of the molecule is CC(C)(C)c1ccc2[nH]c3c(c2c1)CC(=O)Nc1ccc(C#Cc2ccccc2)cc1-3. The van der Waals surface area contributed by atoms with Gasteiger partial charge in [0.2, 0.25) is 5.91 Å². The zero-order valence-corrected chi connectivity index (χ0v) is 18.0. The molecule has 1 aliphatic rings. The van der Waals surface area contributed by atoms with Crippen LogP contribution in [0.4, 0.5) is 5.69 Å². The molecule has 0 saturated heterocycles. The van der Waals surface area contributed by atoms with Crippen LogP contribution in [0, 0.1) is 11.8 Å². The van der Waals surface area contributed by atoms with Crippen molar-refractivity contribution in [2.24, 2.45) is 0 Å². The van der Waals surface area contributed by atoms with E-state index in [0.29, 0.717) is 6.42 Å². The lowest BCUT2D eigenvalue weighted by Gasteiger charge is -2.19. The van der Waals surface area contributed by atoms with Gasteiger partial charge >= 0.3 is 0 Å². The Morgan fingerprint density at radius 2 is 1.65 bits per heavy atom. The number of rotatable bonds is 0. The molecule has 0 fully saturated rings. The Kier molecular flexibility index (Phi) is 4.45. The summed E-state index contributed by atoms with van der Waals surface area (Å²) in [4.78, 5) is 16.2. The van der Waals surface area contributed by atoms with Crippen molar-refractivity contribution in [1.82, 2.24) is 4.98 Å². The molecule has 0 aliphatic carbocycles. The van der Waals surface area contributed by atoms with Crippen LogP contribution in [0.15, 0.2) is 66.7 Å². The van der Waals surface area contributed by atoms with Gasteiger partial charge in [-0.1, -0.05) is 56.9 Å². The maximum atomic E-state index is 12.7. The number of anilines is 1. The third kappa shape index (κ3) is 3.62. The lowest BCUT2D eigenvalue weighted by Crippen LogP contribution is -2.13. The maximum absolute atomic E-state index is 12.7. The summed E-state index contributed by atoms with van der Waals surface area (Å²) in [6.45, 7) is 6.62. The molecule has 1 amide bonds. The highest BCUT2D eigenvalue weighted by molar-refractivity contribution is 6.05. The molecule has 4 aromatic rings. The summed E-state index contributed by atoms with van der Waals surface area (Å²) in [6.07, 6.45) is 0.350. The summed E-state index contributed by atoms with van der Waals surface area (Å²) in [5, 5.41) is 4.18. The van der Waals surface area contributed by atoms with E-state index in [-0.39, 0.29) is 11.3 Å². The first-order chi connectivity index (χ1) is 14.9. The standard InChI is InChI=1S/C28H24N2O/c1-28(2,3)20-12-14-24-21(16-20)22-17-26(31)29-25-13-11-19(15-23(25)27(22)30-24)10-9-18-7-5-4-6-8-18/h4-8,11-16,30H,17H2,1-3H3,(H,29,31). The number of H-pyrrole nitrogens is 1. The number of carbonyl (C=O) groups is 1. The number of nitrogens with one attached hydrogen (secondary N) is 2. The smallest absolute Gasteiger partial charge is 0.228 e. The summed E-state index contributed by atoms with van der Waals surface area (Å²) in [5.41, 5.74) is 8.09. The van der Waals surface area contributed by atoms with Crippen LogP contribution in [0.25, 0.3) is 22.2 Å². The molecule has 1 aromatic heterocycles. The van der Waals surface area contributed by atoms with E-state index in [1.165, 1.54) is 5.56 Å². The summed E-state index contributed by atoms with van der Waals surface area (Å²) in [5.74, 6) is 6.48. The van der Waals surface area contributed by atoms with Crippen molar-refractivity contribution in [3.8, 4) is 23.1 Å². The number of hydrogen-bond acceptors (Lipinski definition) is 1. The minimum absolute atomic E-state index is 0.00480. The zero-order valence-electron chi connectivity index (χ0n) is 18.0. The molecule has 2 N–H and O–H groups in total. The van der Waals surface area contributed by atoms with Crippen LogP contribution in [0.5, 0.6) is 0 Å². The average Bonchev–Trinajstić information content (AvgIpc) is 3.03. The van der Waals surface area contributed by atoms with E-state index in [1.54, 1.807) is 0 Å². The molecule has 0 bridgehead atoms. The summed E-state index contributed by atoms with van der Waals surface area (Å²) in [6, 6.07) is 22.4. The minimum Gasteiger partial charge on any atom is -0.354 e. The van der Waals surface area contributed by atoms with Crippen LogP contribution < -0.4 is 5.32 Å². The van der Waals surface area contributed by atoms with Crippen molar-refractivity contribution in [1.29, 1.82) is 0 Å². The Bertz CT molecular complexity index is 1380. The summed E-state index contributed by atoms with van der Waals surface area (Å²) in [7, 11) is 0. The fourth-order valence-corrected chi connectivity index (χ4v) is 4.09. The second-order valence-electron chi connectivity index (χ2n) is 9.09. The number of amides is 1. The van der Waals surface area contributed by atoms with Crippen molar-refractivity contribution in [3.63, 3.8) is 0 Å². The van der Waals surface area contributed by atoms with Crippen molar-refractivity contribution in [2.75, 3.05) is 5.32 Å². The molecular formula is C28H24N2O. The molecule has 3 nitrogen and oxygen atoms in total. The first-order valence-electron chi connectivity index (χ1n) is 10.5. The van der Waals surface area contributed by atoms with E-state index in [0.717, 1.165) is 44.5 Å². The van der Waals surface area contributed by atoms with Crippen molar-refractivity contribution in [3.05, 3.63) is 89.0 Å². The van der Waals surface area contributed by atoms with Gasteiger partial charge in [-0.2, -0.15) is 0 Å². The predicted molar refractivity (Wildman–Crippen MR) is 127 cm³/mol. The number of fused-ring (bicyclic) bond motifs is 5. The van der Waals surface area contributed by atoms with Crippen LogP contribution in [0.1, 0.15) is 43.0 Å². The molecule has 0 saturated carbocycles. The maximum Gasteiger partial charge on any atom is 0.228 e. The van der Waals surface area contributed by atoms with Gasteiger partial charge in [-0.25, -0.2) is 0 Å². The van der Waals surface area contributed by atoms with E-state index >= 15 is 0 Å². The fraction of sp³-hybridized carbons (Fsp3) is 0.179. The van der Waals surface area contributed by atoms with Crippen molar-refractivity contribution >= 4 is 22.5 Å². The molecule has 3 heteroatoms. The molecule has 31 heavy (non-hydrogen) atoms. The van der Waals surface area contributed by atoms with E-state index in [9.17, 15) is 4.79 Å². The Balaban J connectivity index is 1.67. The lowest BCUT2D eigenvalue weighted by molar-refractivity contribution is -0.115.